The number of hydrogen-bond donors (Lipinski definition) is 4. The van der Waals surface area contributed by atoms with E-state index in [1.54, 1.807) is 34.0 Å². The normalized spacial score (nSPS) is 37.7. The minimum atomic E-state index is -2.45. The summed E-state index contributed by atoms with van der Waals surface area (Å²) in [5.41, 5.74) is 3.39. The average molecular weight is 999 g/mol. The lowest BCUT2D eigenvalue weighted by Crippen LogP contribution is -2.60. The van der Waals surface area contributed by atoms with Crippen LogP contribution in [0.3, 0.4) is 0 Å². The Morgan fingerprint density at radius 1 is 0.875 bits per heavy atom. The molecule has 1 aromatic heterocycles. The number of aromatic amines is 1. The van der Waals surface area contributed by atoms with E-state index in [9.17, 15) is 39.3 Å². The van der Waals surface area contributed by atoms with E-state index < -0.39 is 77.8 Å². The van der Waals surface area contributed by atoms with Gasteiger partial charge in [0.05, 0.1) is 18.3 Å². The number of nitrogens with one attached hydrogen (secondary N) is 1. The lowest BCUT2D eigenvalue weighted by Gasteiger charge is -2.43. The van der Waals surface area contributed by atoms with Crippen LogP contribution in [0.15, 0.2) is 78.1 Å². The second-order valence-corrected chi connectivity index (χ2v) is 21.7. The Kier molecular flexibility index (Phi) is 20.2. The molecule has 6 rings (SSSR count). The van der Waals surface area contributed by atoms with E-state index in [0.29, 0.717) is 63.4 Å². The molecule has 1 aromatic carbocycles. The van der Waals surface area contributed by atoms with Crippen molar-refractivity contribution in [3.63, 3.8) is 0 Å². The number of aliphatic hydroxyl groups excluding tert-OH is 2. The van der Waals surface area contributed by atoms with Gasteiger partial charge in [-0.25, -0.2) is 4.79 Å². The van der Waals surface area contributed by atoms with Crippen LogP contribution in [0.5, 0.6) is 0 Å². The van der Waals surface area contributed by atoms with Gasteiger partial charge < -0.3 is 44.2 Å². The van der Waals surface area contributed by atoms with Crippen molar-refractivity contribution < 1.29 is 58.2 Å². The molecule has 14 heteroatoms. The molecule has 2 bridgehead atoms. The topological polar surface area (TPSA) is 202 Å². The quantitative estimate of drug-likeness (QED) is 0.122. The number of amides is 1. The minimum absolute atomic E-state index is 0.00750. The molecule has 4 N–H and O–H groups in total. The summed E-state index contributed by atoms with van der Waals surface area (Å²) in [6.45, 7) is 12.9. The molecule has 2 saturated heterocycles. The molecule has 3 fully saturated rings. The number of aliphatic hydroxyl groups is 3. The molecule has 2 aromatic rings. The van der Waals surface area contributed by atoms with Gasteiger partial charge in [0.2, 0.25) is 5.79 Å². The summed E-state index contributed by atoms with van der Waals surface area (Å²) in [5, 5.41) is 35.4. The second kappa shape index (κ2) is 25.6. The minimum Gasteiger partial charge on any atom is -0.460 e. The van der Waals surface area contributed by atoms with Crippen LogP contribution in [0, 0.1) is 35.5 Å². The van der Waals surface area contributed by atoms with Gasteiger partial charge in [0, 0.05) is 68.0 Å². The van der Waals surface area contributed by atoms with Crippen molar-refractivity contribution in [1.29, 1.82) is 0 Å². The fourth-order valence-corrected chi connectivity index (χ4v) is 11.6. The molecule has 4 unspecified atom stereocenters. The third-order valence-electron chi connectivity index (χ3n) is 16.3. The van der Waals surface area contributed by atoms with E-state index in [4.69, 9.17) is 18.9 Å². The van der Waals surface area contributed by atoms with E-state index in [1.807, 2.05) is 82.5 Å². The number of ether oxygens (including phenoxy) is 4. The van der Waals surface area contributed by atoms with Crippen LogP contribution in [0.2, 0.25) is 0 Å². The van der Waals surface area contributed by atoms with Crippen molar-refractivity contribution in [2.45, 2.75) is 180 Å². The van der Waals surface area contributed by atoms with Crippen LogP contribution < -0.4 is 0 Å². The highest BCUT2D eigenvalue weighted by atomic mass is 16.6. The molecule has 15 atom stereocenters. The number of methoxy groups -OCH3 is 2. The molecule has 0 radical (unpaired) electrons. The second-order valence-electron chi connectivity index (χ2n) is 21.7. The smallest absolute Gasteiger partial charge is 0.329 e. The number of rotatable bonds is 6. The van der Waals surface area contributed by atoms with Gasteiger partial charge in [-0.3, -0.25) is 19.2 Å². The molecule has 72 heavy (non-hydrogen) atoms. The van der Waals surface area contributed by atoms with Crippen molar-refractivity contribution in [3.8, 4) is 0 Å². The Labute approximate surface area is 426 Å². The Hall–Kier alpha value is -4.57. The summed E-state index contributed by atoms with van der Waals surface area (Å²) in [6, 6.07) is 6.86. The molecule has 396 valence electrons. The van der Waals surface area contributed by atoms with Gasteiger partial charge in [0.25, 0.3) is 11.7 Å². The Morgan fingerprint density at radius 3 is 2.36 bits per heavy atom. The number of carbonyl (C=O) groups is 5. The molecule has 4 heterocycles. The lowest BCUT2D eigenvalue weighted by atomic mass is 9.78. The summed E-state index contributed by atoms with van der Waals surface area (Å²) in [7, 11) is 2.96. The maximum absolute atomic E-state index is 14.5. The largest absolute Gasteiger partial charge is 0.460 e. The molecule has 0 spiro atoms. The summed E-state index contributed by atoms with van der Waals surface area (Å²) in [6.07, 6.45) is 14.0. The van der Waals surface area contributed by atoms with Gasteiger partial charge in [0.1, 0.15) is 30.1 Å². The van der Waals surface area contributed by atoms with E-state index in [2.05, 4.69) is 11.1 Å². The van der Waals surface area contributed by atoms with Gasteiger partial charge >= 0.3 is 5.97 Å². The Balaban J connectivity index is 1.35. The molecular weight excluding hydrogens is 917 g/mol. The highest BCUT2D eigenvalue weighted by Gasteiger charge is 2.53. The first-order chi connectivity index (χ1) is 34.3. The van der Waals surface area contributed by atoms with E-state index in [-0.39, 0.29) is 60.7 Å². The number of aromatic nitrogens is 1. The maximum Gasteiger partial charge on any atom is 0.329 e. The average Bonchev–Trinajstić information content (AvgIpc) is 3.79. The first-order valence-electron chi connectivity index (χ1n) is 26.5. The van der Waals surface area contributed by atoms with Crippen LogP contribution in [0.1, 0.15) is 137 Å². The number of nitrogens with zero attached hydrogens (tertiary/aromatic N) is 1. The van der Waals surface area contributed by atoms with Crippen molar-refractivity contribution in [1.82, 2.24) is 9.88 Å². The van der Waals surface area contributed by atoms with Crippen LogP contribution in [-0.2, 0) is 42.9 Å². The van der Waals surface area contributed by atoms with Crippen LogP contribution in [0.25, 0.3) is 10.9 Å². The summed E-state index contributed by atoms with van der Waals surface area (Å²) in [4.78, 5) is 76.3. The number of ketones is 3. The molecule has 14 nitrogen and oxygen atoms in total. The van der Waals surface area contributed by atoms with Crippen molar-refractivity contribution >= 4 is 40.1 Å². The number of para-hydroxylation sites is 1. The van der Waals surface area contributed by atoms with Gasteiger partial charge in [-0.1, -0.05) is 94.8 Å². The predicted octanol–water partition coefficient (Wildman–Crippen LogP) is 8.43. The third kappa shape index (κ3) is 13.6. The standard InChI is InChI=1S/C58H82N2O12/c1-34-17-11-10-12-18-35(2)44(45-33-59-46-20-14-13-19-43(45)46)31-42-24-22-40(7)58(68,72-42)55(65)56(66)60-26-16-15-21-47(60)57(67)71-50(37(4)29-41-23-25-48(61)51(30-41)69-8)32-49(62)36(3)28-39(6)53(64)54(70-9)52(63)38(5)27-34/h10-14,17-20,28,33-34,36-38,40-42,44,47-48,50-51,53-54,59,61,64,68H,15-16,21-27,29-32H2,1-9H3/b12-10+,17-11+,35-18+,39-28+/t34-,36-,37?,38-,40-,41?,42+,44?,47+,48-,50?,51-,53-,54+,58-/m1/s1. The number of hydrogen-bond acceptors (Lipinski definition) is 12. The highest BCUT2D eigenvalue weighted by molar-refractivity contribution is 6.39. The van der Waals surface area contributed by atoms with Crippen molar-refractivity contribution in [3.05, 3.63) is 83.6 Å². The zero-order valence-electron chi connectivity index (χ0n) is 44.1. The number of Topliss-reactive ketones (excluding diaryl/α,β-unsaturated/α-hetero) is 3. The summed E-state index contributed by atoms with van der Waals surface area (Å²) >= 11 is 0. The van der Waals surface area contributed by atoms with Crippen LogP contribution in [-0.4, -0.2) is 124 Å². The predicted molar refractivity (Wildman–Crippen MR) is 275 cm³/mol. The summed E-state index contributed by atoms with van der Waals surface area (Å²) < 4.78 is 24.0. The number of allylic oxidation sites excluding steroid dienone is 7. The van der Waals surface area contributed by atoms with E-state index in [1.165, 1.54) is 12.0 Å². The number of piperidine rings is 1. The number of cyclic esters (lactones) is 1. The Morgan fingerprint density at radius 2 is 1.62 bits per heavy atom. The number of benzene rings is 1. The first kappa shape index (κ1) is 56.7. The molecule has 1 saturated carbocycles. The van der Waals surface area contributed by atoms with Gasteiger partial charge in [-0.2, -0.15) is 0 Å². The number of fused-ring (bicyclic) bond motifs is 4. The fraction of sp³-hybridized carbons (Fsp3) is 0.638. The van der Waals surface area contributed by atoms with Gasteiger partial charge in [0.15, 0.2) is 5.78 Å². The zero-order valence-corrected chi connectivity index (χ0v) is 44.1. The highest BCUT2D eigenvalue weighted by Crippen LogP contribution is 2.42. The fourth-order valence-electron chi connectivity index (χ4n) is 11.6. The first-order valence-corrected chi connectivity index (χ1v) is 26.5. The summed E-state index contributed by atoms with van der Waals surface area (Å²) in [5.74, 6) is -8.21. The van der Waals surface area contributed by atoms with Gasteiger partial charge in [-0.15, -0.1) is 0 Å². The zero-order chi connectivity index (χ0) is 52.4. The SMILES string of the molecule is CO[C@@H]1CC(CC(C)C2CC(=O)[C@H](C)/C=C(\C)[C@@H](O)[C@@H](OC)C(=O)[C@H](C)C[C@H](C)/C=C/C=C/C=C(\C)C(c3c[nH]c4ccccc34)C[C@@H]3CC[C@@H](C)[C@@](O)(O3)C(=O)C(=O)N3CCCC[C@H]3C(=O)O2)CC[C@H]1O. The monoisotopic (exact) mass is 999 g/mol. The van der Waals surface area contributed by atoms with Crippen molar-refractivity contribution in [2.75, 3.05) is 20.8 Å². The van der Waals surface area contributed by atoms with E-state index in [0.717, 1.165) is 28.5 Å². The molecular formula is C58H82N2O12. The van der Waals surface area contributed by atoms with Gasteiger partial charge in [-0.05, 0) is 119 Å². The van der Waals surface area contributed by atoms with Crippen molar-refractivity contribution in [2.24, 2.45) is 35.5 Å². The van der Waals surface area contributed by atoms with E-state index >= 15 is 0 Å². The molecule has 4 aliphatic rings. The molecule has 1 aliphatic carbocycles. The molecule has 1 amide bonds. The van der Waals surface area contributed by atoms with Crippen LogP contribution in [0.4, 0.5) is 0 Å². The maximum atomic E-state index is 14.5. The molecule has 3 aliphatic heterocycles. The number of H-pyrrole nitrogens is 1. The number of carbonyl (C=O) groups excluding carboxylic acids is 5. The lowest BCUT2D eigenvalue weighted by molar-refractivity contribution is -0.264. The van der Waals surface area contributed by atoms with Crippen LogP contribution >= 0.6 is 0 Å². The Bertz CT molecular complexity index is 2330. The third-order valence-corrected chi connectivity index (χ3v) is 16.3. The number of esters is 1.